The molecule has 28 heavy (non-hydrogen) atoms. The number of carbonyl (C=O) groups is 1. The Labute approximate surface area is 162 Å². The maximum Gasteiger partial charge on any atom is 0.335 e. The molecule has 146 valence electrons. The fourth-order valence-electron chi connectivity index (χ4n) is 5.93. The second-order valence-corrected chi connectivity index (χ2v) is 7.93. The third kappa shape index (κ3) is 2.07. The topological polar surface area (TPSA) is 96.2 Å². The zero-order chi connectivity index (χ0) is 19.7. The molecule has 6 atom stereocenters. The Morgan fingerprint density at radius 3 is 1.96 bits per heavy atom. The summed E-state index contributed by atoms with van der Waals surface area (Å²) in [6.07, 6.45) is 2.97. The van der Waals surface area contributed by atoms with Crippen LogP contribution >= 0.6 is 0 Å². The predicted molar refractivity (Wildman–Crippen MR) is 102 cm³/mol. The second kappa shape index (κ2) is 5.96. The maximum atomic E-state index is 11.5. The van der Waals surface area contributed by atoms with Gasteiger partial charge in [-0.15, -0.1) is 0 Å². The highest BCUT2D eigenvalue weighted by Crippen LogP contribution is 2.67. The molecule has 3 aliphatic carbocycles. The molecule has 1 fully saturated rings. The fraction of sp³-hybridized carbons (Fsp3) is 0.409. The molecule has 2 aromatic rings. The van der Waals surface area contributed by atoms with Crippen molar-refractivity contribution in [3.8, 4) is 11.5 Å². The molecule has 0 saturated heterocycles. The van der Waals surface area contributed by atoms with Crippen molar-refractivity contribution in [1.29, 1.82) is 0 Å². The van der Waals surface area contributed by atoms with Gasteiger partial charge in [0, 0.05) is 33.7 Å². The lowest BCUT2D eigenvalue weighted by molar-refractivity contribution is 0.0334. The molecule has 0 amide bonds. The van der Waals surface area contributed by atoms with Crippen LogP contribution in [-0.2, 0) is 0 Å². The molecule has 0 heterocycles. The van der Waals surface area contributed by atoms with Gasteiger partial charge in [-0.1, -0.05) is 12.2 Å². The van der Waals surface area contributed by atoms with Crippen molar-refractivity contribution in [3.63, 3.8) is 0 Å². The first kappa shape index (κ1) is 17.5. The lowest BCUT2D eigenvalue weighted by Gasteiger charge is -2.40. The highest BCUT2D eigenvalue weighted by Gasteiger charge is 2.58. The molecular formula is C22H22O6. The normalized spacial score (nSPS) is 32.3. The largest absolute Gasteiger partial charge is 0.496 e. The van der Waals surface area contributed by atoms with E-state index >= 15 is 0 Å². The van der Waals surface area contributed by atoms with Crippen LogP contribution in [0.15, 0.2) is 30.4 Å². The number of rotatable bonds is 3. The molecule has 5 rings (SSSR count). The number of hydrogen-bond acceptors (Lipinski definition) is 5. The highest BCUT2D eigenvalue weighted by atomic mass is 16.5. The molecule has 2 aromatic carbocycles. The summed E-state index contributed by atoms with van der Waals surface area (Å²) in [5.41, 5.74) is 2.20. The second-order valence-electron chi connectivity index (χ2n) is 7.93. The molecule has 6 nitrogen and oxygen atoms in total. The minimum Gasteiger partial charge on any atom is -0.496 e. The van der Waals surface area contributed by atoms with Crippen LogP contribution in [0, 0.1) is 11.8 Å². The maximum absolute atomic E-state index is 11.5. The van der Waals surface area contributed by atoms with Crippen LogP contribution in [0.2, 0.25) is 0 Å². The molecule has 0 radical (unpaired) electrons. The van der Waals surface area contributed by atoms with Crippen LogP contribution in [0.25, 0.3) is 10.8 Å². The van der Waals surface area contributed by atoms with Crippen molar-refractivity contribution < 1.29 is 29.6 Å². The smallest absolute Gasteiger partial charge is 0.335 e. The van der Waals surface area contributed by atoms with E-state index in [1.165, 1.54) is 0 Å². The van der Waals surface area contributed by atoms with Crippen molar-refractivity contribution in [2.75, 3.05) is 14.2 Å². The predicted octanol–water partition coefficient (Wildman–Crippen LogP) is 2.66. The Morgan fingerprint density at radius 1 is 0.929 bits per heavy atom. The molecule has 6 unspecified atom stereocenters. The van der Waals surface area contributed by atoms with E-state index in [1.807, 2.05) is 0 Å². The number of hydrogen-bond donors (Lipinski definition) is 3. The average molecular weight is 382 g/mol. The third-order valence-electron chi connectivity index (χ3n) is 6.86. The lowest BCUT2D eigenvalue weighted by atomic mass is 9.67. The number of methoxy groups -OCH3 is 2. The minimum absolute atomic E-state index is 0.0290. The minimum atomic E-state index is -0.999. The summed E-state index contributed by atoms with van der Waals surface area (Å²) < 4.78 is 11.6. The molecule has 3 N–H and O–H groups in total. The van der Waals surface area contributed by atoms with E-state index in [9.17, 15) is 20.1 Å². The number of carboxylic acids is 1. The van der Waals surface area contributed by atoms with E-state index in [0.29, 0.717) is 16.9 Å². The number of carboxylic acid groups (broad SMARTS) is 1. The summed E-state index contributed by atoms with van der Waals surface area (Å²) in [6.45, 7) is 0. The van der Waals surface area contributed by atoms with Gasteiger partial charge < -0.3 is 24.8 Å². The summed E-state index contributed by atoms with van der Waals surface area (Å²) in [4.78, 5) is 11.5. The van der Waals surface area contributed by atoms with Gasteiger partial charge in [0.2, 0.25) is 0 Å². The number of aromatic carboxylic acids is 1. The van der Waals surface area contributed by atoms with Gasteiger partial charge in [-0.05, 0) is 36.5 Å². The zero-order valence-corrected chi connectivity index (χ0v) is 15.6. The summed E-state index contributed by atoms with van der Waals surface area (Å²) in [7, 11) is 3.20. The molecule has 1 saturated carbocycles. The number of aliphatic hydroxyl groups is 2. The zero-order valence-electron chi connectivity index (χ0n) is 15.6. The van der Waals surface area contributed by atoms with Gasteiger partial charge in [-0.25, -0.2) is 4.79 Å². The van der Waals surface area contributed by atoms with Crippen LogP contribution in [-0.4, -0.2) is 47.7 Å². The molecule has 6 heteroatoms. The van der Waals surface area contributed by atoms with Gasteiger partial charge in [0.1, 0.15) is 11.5 Å². The van der Waals surface area contributed by atoms with Gasteiger partial charge in [-0.2, -0.15) is 0 Å². The van der Waals surface area contributed by atoms with Crippen molar-refractivity contribution in [2.45, 2.75) is 30.5 Å². The quantitative estimate of drug-likeness (QED) is 0.707. The molecule has 2 bridgehead atoms. The van der Waals surface area contributed by atoms with Gasteiger partial charge in [-0.3, -0.25) is 0 Å². The van der Waals surface area contributed by atoms with Gasteiger partial charge in [0.05, 0.1) is 32.0 Å². The molecule has 3 aliphatic rings. The summed E-state index contributed by atoms with van der Waals surface area (Å²) in [6, 6.07) is 4.95. The molecule has 0 aromatic heterocycles. The van der Waals surface area contributed by atoms with Crippen molar-refractivity contribution in [3.05, 3.63) is 47.0 Å². The SMILES string of the molecule is COc1c2c(c(OC)c3cc(C(=O)O)ccc13)C1CC2C2C(O)C=CC(O)C12. The van der Waals surface area contributed by atoms with Crippen LogP contribution < -0.4 is 9.47 Å². The monoisotopic (exact) mass is 382 g/mol. The Kier molecular flexibility index (Phi) is 3.73. The molecular weight excluding hydrogens is 360 g/mol. The van der Waals surface area contributed by atoms with E-state index in [2.05, 4.69) is 0 Å². The van der Waals surface area contributed by atoms with Gasteiger partial charge in [0.25, 0.3) is 0 Å². The Morgan fingerprint density at radius 2 is 1.46 bits per heavy atom. The number of benzene rings is 2. The van der Waals surface area contributed by atoms with E-state index in [4.69, 9.17) is 9.47 Å². The lowest BCUT2D eigenvalue weighted by Crippen LogP contribution is -2.40. The first-order valence-electron chi connectivity index (χ1n) is 9.47. The van der Waals surface area contributed by atoms with E-state index in [-0.39, 0.29) is 29.2 Å². The van der Waals surface area contributed by atoms with Crippen molar-refractivity contribution >= 4 is 16.7 Å². The fourth-order valence-corrected chi connectivity index (χ4v) is 5.93. The Balaban J connectivity index is 1.82. The summed E-state index contributed by atoms with van der Waals surface area (Å²) in [5, 5.41) is 32.1. The molecule has 0 aliphatic heterocycles. The first-order chi connectivity index (χ1) is 13.5. The third-order valence-corrected chi connectivity index (χ3v) is 6.86. The van der Waals surface area contributed by atoms with E-state index < -0.39 is 18.2 Å². The van der Waals surface area contributed by atoms with E-state index in [1.54, 1.807) is 44.6 Å². The van der Waals surface area contributed by atoms with Gasteiger partial charge >= 0.3 is 5.97 Å². The Hall–Kier alpha value is -2.57. The average Bonchev–Trinajstić information content (AvgIpc) is 3.26. The van der Waals surface area contributed by atoms with Crippen LogP contribution in [0.4, 0.5) is 0 Å². The van der Waals surface area contributed by atoms with Crippen LogP contribution in [0.3, 0.4) is 0 Å². The number of fused-ring (bicyclic) bond motifs is 9. The van der Waals surface area contributed by atoms with Crippen molar-refractivity contribution in [1.82, 2.24) is 0 Å². The summed E-state index contributed by atoms with van der Waals surface area (Å²) in [5.74, 6) is 0.304. The number of ether oxygens (including phenoxy) is 2. The van der Waals surface area contributed by atoms with Crippen LogP contribution in [0.1, 0.15) is 39.7 Å². The van der Waals surface area contributed by atoms with Crippen LogP contribution in [0.5, 0.6) is 11.5 Å². The number of aliphatic hydroxyl groups excluding tert-OH is 2. The molecule has 0 spiro atoms. The van der Waals surface area contributed by atoms with Crippen molar-refractivity contribution in [2.24, 2.45) is 11.8 Å². The van der Waals surface area contributed by atoms with Gasteiger partial charge in [0.15, 0.2) is 0 Å². The standard InChI is InChI=1S/C22H22O6/c1-27-20-10-4-3-9(22(25)26)7-11(10)21(28-2)19-13-8-12(18(19)20)16-14(23)5-6-15(24)17(13)16/h3-7,12-17,23-24H,8H2,1-2H3,(H,25,26). The highest BCUT2D eigenvalue weighted by molar-refractivity contribution is 6.01. The summed E-state index contributed by atoms with van der Waals surface area (Å²) >= 11 is 0. The van der Waals surface area contributed by atoms with E-state index in [0.717, 1.165) is 22.9 Å². The first-order valence-corrected chi connectivity index (χ1v) is 9.47. The Bertz CT molecular complexity index is 1030.